The first-order valence-electron chi connectivity index (χ1n) is 8.20. The molecule has 2 aromatic carbocycles. The molecule has 1 N–H and O–H groups in total. The predicted octanol–water partition coefficient (Wildman–Crippen LogP) is 4.44. The second-order valence-electron chi connectivity index (χ2n) is 5.82. The Kier molecular flexibility index (Phi) is 4.60. The second kappa shape index (κ2) is 7.20. The van der Waals surface area contributed by atoms with Gasteiger partial charge in [0.2, 0.25) is 0 Å². The van der Waals surface area contributed by atoms with Crippen molar-refractivity contribution in [3.8, 4) is 11.4 Å². The number of rotatable bonds is 4. The molecule has 6 nitrogen and oxygen atoms in total. The lowest BCUT2D eigenvalue weighted by Crippen LogP contribution is -2.15. The van der Waals surface area contributed by atoms with Crippen LogP contribution in [0.1, 0.15) is 10.5 Å². The Balaban J connectivity index is 1.66. The quantitative estimate of drug-likeness (QED) is 0.527. The van der Waals surface area contributed by atoms with Gasteiger partial charge >= 0.3 is 0 Å². The third kappa shape index (κ3) is 3.54. The van der Waals surface area contributed by atoms with E-state index in [-0.39, 0.29) is 5.91 Å². The molecule has 0 saturated heterocycles. The molecule has 0 radical (unpaired) electrons. The Bertz CT molecular complexity index is 1130. The second-order valence-corrected chi connectivity index (χ2v) is 6.74. The molecule has 0 spiro atoms. The summed E-state index contributed by atoms with van der Waals surface area (Å²) in [5, 5.41) is 8.07. The van der Waals surface area contributed by atoms with Crippen LogP contribution in [0.4, 0.5) is 5.69 Å². The van der Waals surface area contributed by atoms with Crippen LogP contribution in [0.5, 0.6) is 5.75 Å². The van der Waals surface area contributed by atoms with Gasteiger partial charge in [-0.05, 0) is 48.5 Å². The summed E-state index contributed by atoms with van der Waals surface area (Å²) in [6, 6.07) is 16.5. The molecular formula is C20H15BrN4O2. The van der Waals surface area contributed by atoms with Gasteiger partial charge in [0.1, 0.15) is 11.4 Å². The highest BCUT2D eigenvalue weighted by Crippen LogP contribution is 2.25. The van der Waals surface area contributed by atoms with Crippen LogP contribution in [0.25, 0.3) is 16.6 Å². The standard InChI is InChI=1S/C20H15BrN4O2/c1-27-15-5-7-16-13(11-15)3-6-17(23-16)20(26)24-18-12-14(21)4-8-19(18)25-10-2-9-22-25/h2-12H,1H3,(H,24,26). The molecule has 2 heterocycles. The highest BCUT2D eigenvalue weighted by molar-refractivity contribution is 9.10. The smallest absolute Gasteiger partial charge is 0.274 e. The fourth-order valence-corrected chi connectivity index (χ4v) is 3.12. The first-order chi connectivity index (χ1) is 13.1. The van der Waals surface area contributed by atoms with Gasteiger partial charge in [-0.2, -0.15) is 5.10 Å². The number of carbonyl (C=O) groups is 1. The van der Waals surface area contributed by atoms with E-state index in [1.54, 1.807) is 24.1 Å². The van der Waals surface area contributed by atoms with Crippen molar-refractivity contribution < 1.29 is 9.53 Å². The maximum atomic E-state index is 12.8. The number of halogens is 1. The summed E-state index contributed by atoms with van der Waals surface area (Å²) in [5.74, 6) is 0.457. The van der Waals surface area contributed by atoms with Gasteiger partial charge in [0.05, 0.1) is 24.0 Å². The highest BCUT2D eigenvalue weighted by Gasteiger charge is 2.13. The molecule has 27 heavy (non-hydrogen) atoms. The summed E-state index contributed by atoms with van der Waals surface area (Å²) in [7, 11) is 1.62. The predicted molar refractivity (Wildman–Crippen MR) is 108 cm³/mol. The van der Waals surface area contributed by atoms with Crippen molar-refractivity contribution in [3.05, 3.63) is 77.2 Å². The molecule has 0 atom stereocenters. The minimum atomic E-state index is -0.292. The number of benzene rings is 2. The largest absolute Gasteiger partial charge is 0.497 e. The van der Waals surface area contributed by atoms with E-state index in [4.69, 9.17) is 4.74 Å². The summed E-state index contributed by atoms with van der Waals surface area (Å²) in [6.45, 7) is 0. The van der Waals surface area contributed by atoms with Gasteiger partial charge in [0, 0.05) is 22.3 Å². The number of amides is 1. The Morgan fingerprint density at radius 2 is 2.04 bits per heavy atom. The van der Waals surface area contributed by atoms with Gasteiger partial charge in [0.25, 0.3) is 5.91 Å². The third-order valence-electron chi connectivity index (χ3n) is 4.09. The van der Waals surface area contributed by atoms with E-state index in [0.29, 0.717) is 11.4 Å². The van der Waals surface area contributed by atoms with Gasteiger partial charge in [-0.15, -0.1) is 0 Å². The maximum absolute atomic E-state index is 12.8. The number of carbonyl (C=O) groups excluding carboxylic acids is 1. The topological polar surface area (TPSA) is 69.0 Å². The fourth-order valence-electron chi connectivity index (χ4n) is 2.76. The van der Waals surface area contributed by atoms with E-state index in [0.717, 1.165) is 26.8 Å². The summed E-state index contributed by atoms with van der Waals surface area (Å²) in [5.41, 5.74) is 2.46. The number of ether oxygens (including phenoxy) is 1. The monoisotopic (exact) mass is 422 g/mol. The average Bonchev–Trinajstić information content (AvgIpc) is 3.21. The molecule has 0 aliphatic heterocycles. The van der Waals surface area contributed by atoms with E-state index in [2.05, 4.69) is 31.3 Å². The molecule has 2 aromatic heterocycles. The van der Waals surface area contributed by atoms with Crippen LogP contribution in [0.15, 0.2) is 71.5 Å². The molecule has 7 heteroatoms. The molecule has 0 aliphatic rings. The van der Waals surface area contributed by atoms with Crippen LogP contribution in [0, 0.1) is 0 Å². The Morgan fingerprint density at radius 3 is 2.81 bits per heavy atom. The van der Waals surface area contributed by atoms with E-state index in [1.807, 2.05) is 54.7 Å². The Hall–Kier alpha value is -3.19. The summed E-state index contributed by atoms with van der Waals surface area (Å²) < 4.78 is 7.77. The zero-order valence-electron chi connectivity index (χ0n) is 14.4. The maximum Gasteiger partial charge on any atom is 0.274 e. The van der Waals surface area contributed by atoms with Crippen LogP contribution < -0.4 is 10.1 Å². The molecule has 1 amide bonds. The normalized spacial score (nSPS) is 10.7. The number of nitrogens with zero attached hydrogens (tertiary/aromatic N) is 3. The Labute approximate surface area is 163 Å². The van der Waals surface area contributed by atoms with Crippen molar-refractivity contribution in [1.29, 1.82) is 0 Å². The Morgan fingerprint density at radius 1 is 1.15 bits per heavy atom. The number of pyridine rings is 1. The molecule has 0 saturated carbocycles. The minimum Gasteiger partial charge on any atom is -0.497 e. The van der Waals surface area contributed by atoms with Crippen molar-refractivity contribution in [2.75, 3.05) is 12.4 Å². The van der Waals surface area contributed by atoms with Gasteiger partial charge in [-0.3, -0.25) is 4.79 Å². The lowest BCUT2D eigenvalue weighted by atomic mass is 10.2. The number of nitrogens with one attached hydrogen (secondary N) is 1. The highest BCUT2D eigenvalue weighted by atomic mass is 79.9. The zero-order chi connectivity index (χ0) is 18.8. The van der Waals surface area contributed by atoms with Gasteiger partial charge in [0.15, 0.2) is 0 Å². The average molecular weight is 423 g/mol. The fraction of sp³-hybridized carbons (Fsp3) is 0.0500. The van der Waals surface area contributed by atoms with Gasteiger partial charge in [-0.25, -0.2) is 9.67 Å². The van der Waals surface area contributed by atoms with Crippen LogP contribution in [-0.4, -0.2) is 27.8 Å². The molecule has 0 fully saturated rings. The molecule has 4 rings (SSSR count). The number of anilines is 1. The van der Waals surface area contributed by atoms with E-state index in [9.17, 15) is 4.79 Å². The summed E-state index contributed by atoms with van der Waals surface area (Å²) in [4.78, 5) is 17.2. The first-order valence-corrected chi connectivity index (χ1v) is 8.99. The van der Waals surface area contributed by atoms with Crippen LogP contribution in [0.3, 0.4) is 0 Å². The lowest BCUT2D eigenvalue weighted by molar-refractivity contribution is 0.102. The number of methoxy groups -OCH3 is 1. The minimum absolute atomic E-state index is 0.292. The summed E-state index contributed by atoms with van der Waals surface area (Å²) >= 11 is 3.44. The van der Waals surface area contributed by atoms with E-state index < -0.39 is 0 Å². The van der Waals surface area contributed by atoms with E-state index in [1.165, 1.54) is 0 Å². The number of hydrogen-bond acceptors (Lipinski definition) is 4. The number of aromatic nitrogens is 3. The third-order valence-corrected chi connectivity index (χ3v) is 4.58. The van der Waals surface area contributed by atoms with Crippen molar-refractivity contribution in [2.24, 2.45) is 0 Å². The summed E-state index contributed by atoms with van der Waals surface area (Å²) in [6.07, 6.45) is 3.51. The number of hydrogen-bond donors (Lipinski definition) is 1. The number of fused-ring (bicyclic) bond motifs is 1. The van der Waals surface area contributed by atoms with Crippen LogP contribution >= 0.6 is 15.9 Å². The molecular weight excluding hydrogens is 408 g/mol. The van der Waals surface area contributed by atoms with Crippen molar-refractivity contribution in [1.82, 2.24) is 14.8 Å². The van der Waals surface area contributed by atoms with Crippen LogP contribution in [0.2, 0.25) is 0 Å². The lowest BCUT2D eigenvalue weighted by Gasteiger charge is -2.12. The van der Waals surface area contributed by atoms with Crippen molar-refractivity contribution >= 4 is 38.4 Å². The zero-order valence-corrected chi connectivity index (χ0v) is 16.0. The molecule has 4 aromatic rings. The first kappa shape index (κ1) is 17.2. The van der Waals surface area contributed by atoms with Crippen molar-refractivity contribution in [3.63, 3.8) is 0 Å². The molecule has 0 bridgehead atoms. The van der Waals surface area contributed by atoms with E-state index >= 15 is 0 Å². The van der Waals surface area contributed by atoms with Crippen molar-refractivity contribution in [2.45, 2.75) is 0 Å². The molecule has 134 valence electrons. The van der Waals surface area contributed by atoms with Gasteiger partial charge < -0.3 is 10.1 Å². The van der Waals surface area contributed by atoms with Gasteiger partial charge in [-0.1, -0.05) is 22.0 Å². The molecule has 0 unspecified atom stereocenters. The SMILES string of the molecule is COc1ccc2nc(C(=O)Nc3cc(Br)ccc3-n3cccn3)ccc2c1. The molecule has 0 aliphatic carbocycles. The van der Waals surface area contributed by atoms with Crippen LogP contribution in [-0.2, 0) is 0 Å².